The largest absolute Gasteiger partial charge is 0.506 e. The molecule has 230 valence electrons. The maximum absolute atomic E-state index is 14.0. The topological polar surface area (TPSA) is 107 Å². The standard InChI is InChI=1S/C33H37FN6O3S/c1-20-14-25(43-24-7-5-4-6-22(34)17-24)8-9-30(20)40-33(35-2)26(19-36-40)32(42)29-15-21-16-31(41)28(18-27(21)38-29)37-23-10-12-39(44-3)13-11-23/h4-9,14-16,18-19,22-24,35,37-38,41H,10-13,17H2,1-3H3. The van der Waals surface area contributed by atoms with Crippen molar-refractivity contribution in [1.82, 2.24) is 19.1 Å². The number of piperidine rings is 1. The van der Waals surface area contributed by atoms with E-state index >= 15 is 0 Å². The highest BCUT2D eigenvalue weighted by Gasteiger charge is 2.24. The lowest BCUT2D eigenvalue weighted by Gasteiger charge is -2.31. The van der Waals surface area contributed by atoms with E-state index in [4.69, 9.17) is 4.74 Å². The highest BCUT2D eigenvalue weighted by Crippen LogP contribution is 2.33. The Balaban J connectivity index is 1.21. The summed E-state index contributed by atoms with van der Waals surface area (Å²) in [6, 6.07) is 11.2. The summed E-state index contributed by atoms with van der Waals surface area (Å²) in [6.07, 6.45) is 11.3. The molecule has 6 rings (SSSR count). The second-order valence-electron chi connectivity index (χ2n) is 11.2. The summed E-state index contributed by atoms with van der Waals surface area (Å²) < 4.78 is 24.0. The smallest absolute Gasteiger partial charge is 0.214 e. The van der Waals surface area contributed by atoms with Crippen molar-refractivity contribution in [1.29, 1.82) is 0 Å². The highest BCUT2D eigenvalue weighted by atomic mass is 32.2. The molecule has 2 unspecified atom stereocenters. The zero-order valence-corrected chi connectivity index (χ0v) is 25.8. The van der Waals surface area contributed by atoms with Crippen LogP contribution < -0.4 is 15.4 Å². The molecule has 0 amide bonds. The van der Waals surface area contributed by atoms with Crippen molar-refractivity contribution >= 4 is 40.1 Å². The maximum atomic E-state index is 14.0. The van der Waals surface area contributed by atoms with Crippen molar-refractivity contribution in [3.05, 3.63) is 83.7 Å². The first-order valence-corrected chi connectivity index (χ1v) is 16.0. The number of benzene rings is 2. The number of carbonyl (C=O) groups is 1. The lowest BCUT2D eigenvalue weighted by molar-refractivity contribution is 0.103. The number of ether oxygens (including phenoxy) is 1. The molecular formula is C33H37FN6O3S. The third-order valence-electron chi connectivity index (χ3n) is 8.20. The zero-order valence-electron chi connectivity index (χ0n) is 25.0. The van der Waals surface area contributed by atoms with E-state index in [1.54, 1.807) is 54.2 Å². The Bertz CT molecular complexity index is 1720. The van der Waals surface area contributed by atoms with Gasteiger partial charge in [-0.05, 0) is 74.1 Å². The lowest BCUT2D eigenvalue weighted by atomic mass is 10.1. The minimum Gasteiger partial charge on any atom is -0.506 e. The van der Waals surface area contributed by atoms with Crippen molar-refractivity contribution in [3.63, 3.8) is 0 Å². The van der Waals surface area contributed by atoms with Gasteiger partial charge in [0.2, 0.25) is 5.78 Å². The van der Waals surface area contributed by atoms with Gasteiger partial charge >= 0.3 is 0 Å². The van der Waals surface area contributed by atoms with Crippen molar-refractivity contribution < 1.29 is 19.0 Å². The first-order valence-electron chi connectivity index (χ1n) is 14.8. The van der Waals surface area contributed by atoms with Crippen LogP contribution in [0, 0.1) is 6.92 Å². The Morgan fingerprint density at radius 2 is 1.95 bits per heavy atom. The number of aryl methyl sites for hydroxylation is 1. The van der Waals surface area contributed by atoms with E-state index in [0.29, 0.717) is 28.5 Å². The number of aromatic amines is 1. The maximum Gasteiger partial charge on any atom is 0.214 e. The number of nitrogens with zero attached hydrogens (tertiary/aromatic N) is 3. The molecule has 2 aliphatic rings. The van der Waals surface area contributed by atoms with Crippen LogP contribution in [0.3, 0.4) is 0 Å². The molecule has 44 heavy (non-hydrogen) atoms. The predicted octanol–water partition coefficient (Wildman–Crippen LogP) is 6.40. The summed E-state index contributed by atoms with van der Waals surface area (Å²) in [7, 11) is 1.75. The third-order valence-corrected chi connectivity index (χ3v) is 9.08. The molecule has 0 spiro atoms. The van der Waals surface area contributed by atoms with E-state index in [9.17, 15) is 14.3 Å². The number of ketones is 1. The van der Waals surface area contributed by atoms with Gasteiger partial charge in [-0.2, -0.15) is 5.10 Å². The molecule has 0 radical (unpaired) electrons. The van der Waals surface area contributed by atoms with Crippen LogP contribution in [0.1, 0.15) is 40.9 Å². The number of fused-ring (bicyclic) bond motifs is 1. The number of nitrogens with one attached hydrogen (secondary N) is 3. The number of H-pyrrole nitrogens is 1. The third kappa shape index (κ3) is 6.20. The number of phenols is 1. The average Bonchev–Trinajstić information content (AvgIpc) is 3.57. The molecule has 4 aromatic rings. The first kappa shape index (κ1) is 29.8. The highest BCUT2D eigenvalue weighted by molar-refractivity contribution is 7.96. The van der Waals surface area contributed by atoms with Crippen LogP contribution in [-0.4, -0.2) is 74.7 Å². The predicted molar refractivity (Wildman–Crippen MR) is 175 cm³/mol. The number of halogens is 1. The zero-order chi connectivity index (χ0) is 30.8. The van der Waals surface area contributed by atoms with Crippen LogP contribution in [0.5, 0.6) is 11.5 Å². The Kier molecular flexibility index (Phi) is 8.67. The van der Waals surface area contributed by atoms with E-state index in [2.05, 4.69) is 31.3 Å². The van der Waals surface area contributed by atoms with Crippen molar-refractivity contribution in [3.8, 4) is 17.2 Å². The fourth-order valence-electron chi connectivity index (χ4n) is 5.85. The molecule has 3 heterocycles. The molecule has 2 aromatic heterocycles. The minimum absolute atomic E-state index is 0.158. The summed E-state index contributed by atoms with van der Waals surface area (Å²) in [5.41, 5.74) is 3.89. The number of aromatic hydroxyl groups is 1. The molecule has 4 N–H and O–H groups in total. The Hall–Kier alpha value is -4.22. The number of phenolic OH excluding ortho intramolecular Hbond substituents is 1. The number of hydrogen-bond acceptors (Lipinski definition) is 8. The number of anilines is 2. The fraction of sp³-hybridized carbons (Fsp3) is 0.333. The summed E-state index contributed by atoms with van der Waals surface area (Å²) in [4.78, 5) is 17.0. The SMILES string of the molecule is CNc1c(C(=O)c2cc3cc(O)c(NC4CCN(SC)CC4)cc3[nH]2)cnn1-c1ccc(OC2C=CC=CC(F)C2)cc1C. The molecule has 1 saturated heterocycles. The number of hydrogen-bond donors (Lipinski definition) is 4. The van der Waals surface area contributed by atoms with Gasteiger partial charge in [-0.15, -0.1) is 0 Å². The van der Waals surface area contributed by atoms with Crippen LogP contribution in [0.2, 0.25) is 0 Å². The van der Waals surface area contributed by atoms with Crippen molar-refractivity contribution in [2.24, 2.45) is 0 Å². The monoisotopic (exact) mass is 616 g/mol. The van der Waals surface area contributed by atoms with Gasteiger partial charge in [0.1, 0.15) is 29.6 Å². The number of aromatic nitrogens is 3. The Labute approximate surface area is 260 Å². The Morgan fingerprint density at radius 1 is 1.16 bits per heavy atom. The summed E-state index contributed by atoms with van der Waals surface area (Å²) in [5, 5.41) is 22.7. The molecule has 2 atom stereocenters. The summed E-state index contributed by atoms with van der Waals surface area (Å²) >= 11 is 1.76. The van der Waals surface area contributed by atoms with Crippen LogP contribution in [0.15, 0.2) is 66.9 Å². The lowest BCUT2D eigenvalue weighted by Crippen LogP contribution is -2.35. The van der Waals surface area contributed by atoms with E-state index < -0.39 is 6.17 Å². The van der Waals surface area contributed by atoms with Gasteiger partial charge in [-0.1, -0.05) is 30.2 Å². The molecule has 1 aliphatic heterocycles. The number of carbonyl (C=O) groups excluding carboxylic acids is 1. The number of rotatable bonds is 9. The molecule has 0 saturated carbocycles. The Morgan fingerprint density at radius 3 is 2.70 bits per heavy atom. The molecular weight excluding hydrogens is 579 g/mol. The van der Waals surface area contributed by atoms with Gasteiger partial charge in [-0.25, -0.2) is 9.07 Å². The number of alkyl halides is 1. The van der Waals surface area contributed by atoms with Crippen LogP contribution >= 0.6 is 11.9 Å². The molecule has 1 aliphatic carbocycles. The van der Waals surface area contributed by atoms with Gasteiger partial charge in [0.15, 0.2) is 0 Å². The second kappa shape index (κ2) is 12.8. The van der Waals surface area contributed by atoms with Crippen LogP contribution in [-0.2, 0) is 0 Å². The van der Waals surface area contributed by atoms with Gasteiger partial charge in [0, 0.05) is 43.5 Å². The van der Waals surface area contributed by atoms with Gasteiger partial charge in [-0.3, -0.25) is 9.10 Å². The van der Waals surface area contributed by atoms with Gasteiger partial charge in [0.05, 0.1) is 28.8 Å². The van der Waals surface area contributed by atoms with E-state index in [1.807, 2.05) is 37.3 Å². The quantitative estimate of drug-likeness (QED) is 0.0973. The normalized spacial score (nSPS) is 19.3. The van der Waals surface area contributed by atoms with Gasteiger partial charge < -0.3 is 25.5 Å². The van der Waals surface area contributed by atoms with Crippen molar-refractivity contribution in [2.45, 2.75) is 44.5 Å². The minimum atomic E-state index is -1.05. The second-order valence-corrected chi connectivity index (χ2v) is 12.1. The average molecular weight is 617 g/mol. The summed E-state index contributed by atoms with van der Waals surface area (Å²) in [6.45, 7) is 3.94. The van der Waals surface area contributed by atoms with E-state index in [-0.39, 0.29) is 30.1 Å². The fourth-order valence-corrected chi connectivity index (χ4v) is 6.42. The molecule has 1 fully saturated rings. The van der Waals surface area contributed by atoms with Gasteiger partial charge in [0.25, 0.3) is 0 Å². The number of allylic oxidation sites excluding steroid dienone is 3. The molecule has 9 nitrogen and oxygen atoms in total. The molecule has 2 aromatic carbocycles. The first-order chi connectivity index (χ1) is 21.3. The van der Waals surface area contributed by atoms with E-state index in [1.165, 1.54) is 6.08 Å². The molecule has 0 bridgehead atoms. The van der Waals surface area contributed by atoms with Crippen LogP contribution in [0.4, 0.5) is 15.9 Å². The van der Waals surface area contributed by atoms with Crippen LogP contribution in [0.25, 0.3) is 16.6 Å². The van der Waals surface area contributed by atoms with E-state index in [0.717, 1.165) is 48.1 Å². The molecule has 11 heteroatoms. The van der Waals surface area contributed by atoms with Crippen molar-refractivity contribution in [2.75, 3.05) is 37.0 Å². The summed E-state index contributed by atoms with van der Waals surface area (Å²) in [5.74, 6) is 1.11.